The van der Waals surface area contributed by atoms with Crippen LogP contribution in [0.3, 0.4) is 0 Å². The average molecular weight is 357 g/mol. The fraction of sp³-hybridized carbons (Fsp3) is 0.429. The first-order valence-electron chi connectivity index (χ1n) is 6.71. The van der Waals surface area contributed by atoms with E-state index >= 15 is 0 Å². The maximum absolute atomic E-state index is 5.98. The summed E-state index contributed by atoms with van der Waals surface area (Å²) in [5.74, 6) is 2.05. The molecule has 0 spiro atoms. The van der Waals surface area contributed by atoms with E-state index in [0.717, 1.165) is 41.9 Å². The summed E-state index contributed by atoms with van der Waals surface area (Å²) in [7, 11) is 0. The third-order valence-corrected chi connectivity index (χ3v) is 4.79. The molecule has 106 valence electrons. The minimum absolute atomic E-state index is 0.613. The van der Waals surface area contributed by atoms with Crippen molar-refractivity contribution in [3.05, 3.63) is 33.6 Å². The maximum Gasteiger partial charge on any atom is 0.226 e. The second-order valence-electron chi connectivity index (χ2n) is 5.04. The van der Waals surface area contributed by atoms with Gasteiger partial charge in [-0.25, -0.2) is 0 Å². The van der Waals surface area contributed by atoms with Crippen molar-refractivity contribution in [2.45, 2.75) is 19.3 Å². The number of rotatable bonds is 4. The van der Waals surface area contributed by atoms with Crippen LogP contribution in [0.1, 0.15) is 18.7 Å². The van der Waals surface area contributed by atoms with Gasteiger partial charge >= 0.3 is 0 Å². The van der Waals surface area contributed by atoms with Crippen molar-refractivity contribution in [3.8, 4) is 11.4 Å². The number of nitrogens with one attached hydrogen (secondary N) is 1. The molecule has 4 nitrogen and oxygen atoms in total. The van der Waals surface area contributed by atoms with Crippen molar-refractivity contribution in [2.75, 3.05) is 13.1 Å². The Morgan fingerprint density at radius 1 is 1.45 bits per heavy atom. The van der Waals surface area contributed by atoms with Gasteiger partial charge in [-0.3, -0.25) is 0 Å². The number of halogens is 2. The summed E-state index contributed by atoms with van der Waals surface area (Å²) in [6, 6.07) is 5.61. The van der Waals surface area contributed by atoms with Crippen LogP contribution in [0.5, 0.6) is 0 Å². The highest BCUT2D eigenvalue weighted by Crippen LogP contribution is 2.27. The molecule has 1 aliphatic rings. The number of hydrogen-bond donors (Lipinski definition) is 1. The molecule has 1 aromatic heterocycles. The average Bonchev–Trinajstić information content (AvgIpc) is 3.10. The van der Waals surface area contributed by atoms with Gasteiger partial charge in [-0.05, 0) is 66.0 Å². The topological polar surface area (TPSA) is 51.0 Å². The lowest BCUT2D eigenvalue weighted by Crippen LogP contribution is -2.09. The molecule has 0 bridgehead atoms. The van der Waals surface area contributed by atoms with E-state index in [1.165, 1.54) is 6.42 Å². The lowest BCUT2D eigenvalue weighted by molar-refractivity contribution is 0.365. The Morgan fingerprint density at radius 2 is 2.35 bits per heavy atom. The Hall–Kier alpha value is -0.910. The number of benzene rings is 1. The SMILES string of the molecule is Clc1ccc(-c2noc(CCC3CCNC3)n2)cc1Br. The van der Waals surface area contributed by atoms with E-state index in [9.17, 15) is 0 Å². The standard InChI is InChI=1S/C14H15BrClN3O/c15-11-7-10(2-3-12(11)16)14-18-13(20-19-14)4-1-9-5-6-17-8-9/h2-3,7,9,17H,1,4-6,8H2. The lowest BCUT2D eigenvalue weighted by atomic mass is 10.0. The van der Waals surface area contributed by atoms with Crippen molar-refractivity contribution in [2.24, 2.45) is 5.92 Å². The minimum atomic E-state index is 0.613. The molecule has 0 aliphatic carbocycles. The summed E-state index contributed by atoms with van der Waals surface area (Å²) < 4.78 is 6.15. The Balaban J connectivity index is 1.67. The van der Waals surface area contributed by atoms with Crippen molar-refractivity contribution < 1.29 is 4.52 Å². The second-order valence-corrected chi connectivity index (χ2v) is 6.30. The van der Waals surface area contributed by atoms with Crippen LogP contribution in [0.2, 0.25) is 5.02 Å². The fourth-order valence-electron chi connectivity index (χ4n) is 2.40. The van der Waals surface area contributed by atoms with Gasteiger partial charge in [0.05, 0.1) is 5.02 Å². The van der Waals surface area contributed by atoms with Gasteiger partial charge in [-0.15, -0.1) is 0 Å². The van der Waals surface area contributed by atoms with Gasteiger partial charge in [-0.1, -0.05) is 16.8 Å². The molecular formula is C14H15BrClN3O. The molecule has 0 amide bonds. The van der Waals surface area contributed by atoms with Crippen LogP contribution in [0.15, 0.2) is 27.2 Å². The van der Waals surface area contributed by atoms with Gasteiger partial charge in [0.25, 0.3) is 0 Å². The van der Waals surface area contributed by atoms with Gasteiger partial charge < -0.3 is 9.84 Å². The number of nitrogens with zero attached hydrogens (tertiary/aromatic N) is 2. The molecule has 6 heteroatoms. The van der Waals surface area contributed by atoms with Crippen LogP contribution >= 0.6 is 27.5 Å². The smallest absolute Gasteiger partial charge is 0.226 e. The molecule has 2 heterocycles. The second kappa shape index (κ2) is 6.24. The number of aryl methyl sites for hydroxylation is 1. The fourth-order valence-corrected chi connectivity index (χ4v) is 2.89. The zero-order valence-electron chi connectivity index (χ0n) is 10.9. The summed E-state index contributed by atoms with van der Waals surface area (Å²) in [6.07, 6.45) is 3.18. The zero-order valence-corrected chi connectivity index (χ0v) is 13.2. The van der Waals surface area contributed by atoms with E-state index in [4.69, 9.17) is 16.1 Å². The molecule has 1 aromatic carbocycles. The van der Waals surface area contributed by atoms with E-state index < -0.39 is 0 Å². The summed E-state index contributed by atoms with van der Waals surface area (Å²) in [5.41, 5.74) is 0.902. The van der Waals surface area contributed by atoms with Gasteiger partial charge in [0.2, 0.25) is 11.7 Å². The quantitative estimate of drug-likeness (QED) is 0.907. The first-order valence-corrected chi connectivity index (χ1v) is 7.88. The Bertz CT molecular complexity index is 596. The molecule has 0 saturated carbocycles. The largest absolute Gasteiger partial charge is 0.339 e. The minimum Gasteiger partial charge on any atom is -0.339 e. The van der Waals surface area contributed by atoms with Gasteiger partial charge in [0.1, 0.15) is 0 Å². The Kier molecular flexibility index (Phi) is 4.38. The molecular weight excluding hydrogens is 342 g/mol. The molecule has 2 aromatic rings. The van der Waals surface area contributed by atoms with E-state index in [1.807, 2.05) is 18.2 Å². The lowest BCUT2D eigenvalue weighted by Gasteiger charge is -2.03. The Morgan fingerprint density at radius 3 is 3.10 bits per heavy atom. The number of aromatic nitrogens is 2. The van der Waals surface area contributed by atoms with Gasteiger partial charge in [0.15, 0.2) is 0 Å². The predicted octanol–water partition coefficient (Wildman–Crippen LogP) is 3.69. The molecule has 1 N–H and O–H groups in total. The van der Waals surface area contributed by atoms with Crippen LogP contribution in [-0.4, -0.2) is 23.2 Å². The summed E-state index contributed by atoms with van der Waals surface area (Å²) >= 11 is 9.38. The molecule has 0 radical (unpaired) electrons. The molecule has 1 unspecified atom stereocenters. The highest BCUT2D eigenvalue weighted by molar-refractivity contribution is 9.10. The molecule has 3 rings (SSSR count). The third-order valence-electron chi connectivity index (χ3n) is 3.57. The van der Waals surface area contributed by atoms with Crippen molar-refractivity contribution in [3.63, 3.8) is 0 Å². The first kappa shape index (κ1) is 14.0. The first-order chi connectivity index (χ1) is 9.72. The van der Waals surface area contributed by atoms with Crippen LogP contribution in [0.4, 0.5) is 0 Å². The highest BCUT2D eigenvalue weighted by atomic mass is 79.9. The van der Waals surface area contributed by atoms with Crippen LogP contribution < -0.4 is 5.32 Å². The molecule has 20 heavy (non-hydrogen) atoms. The zero-order chi connectivity index (χ0) is 13.9. The maximum atomic E-state index is 5.98. The van der Waals surface area contributed by atoms with E-state index in [2.05, 4.69) is 31.4 Å². The van der Waals surface area contributed by atoms with E-state index in [0.29, 0.717) is 16.7 Å². The van der Waals surface area contributed by atoms with Crippen molar-refractivity contribution in [1.82, 2.24) is 15.5 Å². The normalized spacial score (nSPS) is 18.6. The van der Waals surface area contributed by atoms with Crippen LogP contribution in [0.25, 0.3) is 11.4 Å². The van der Waals surface area contributed by atoms with E-state index in [-0.39, 0.29) is 0 Å². The Labute approximate surface area is 131 Å². The van der Waals surface area contributed by atoms with Crippen molar-refractivity contribution >= 4 is 27.5 Å². The summed E-state index contributed by atoms with van der Waals surface area (Å²) in [5, 5.41) is 8.08. The van der Waals surface area contributed by atoms with Gasteiger partial charge in [-0.2, -0.15) is 4.98 Å². The highest BCUT2D eigenvalue weighted by Gasteiger charge is 2.16. The summed E-state index contributed by atoms with van der Waals surface area (Å²) in [6.45, 7) is 2.23. The molecule has 1 aliphatic heterocycles. The molecule has 1 saturated heterocycles. The third kappa shape index (κ3) is 3.22. The molecule has 1 atom stereocenters. The van der Waals surface area contributed by atoms with Crippen LogP contribution in [-0.2, 0) is 6.42 Å². The molecule has 1 fully saturated rings. The monoisotopic (exact) mass is 355 g/mol. The number of hydrogen-bond acceptors (Lipinski definition) is 4. The summed E-state index contributed by atoms with van der Waals surface area (Å²) in [4.78, 5) is 4.45. The van der Waals surface area contributed by atoms with Gasteiger partial charge in [0, 0.05) is 16.5 Å². The van der Waals surface area contributed by atoms with Crippen molar-refractivity contribution in [1.29, 1.82) is 0 Å². The predicted molar refractivity (Wildman–Crippen MR) is 81.7 cm³/mol. The van der Waals surface area contributed by atoms with Crippen LogP contribution in [0, 0.1) is 5.92 Å². The van der Waals surface area contributed by atoms with E-state index in [1.54, 1.807) is 0 Å².